The van der Waals surface area contributed by atoms with Gasteiger partial charge >= 0.3 is 0 Å². The quantitative estimate of drug-likeness (QED) is 0.904. The lowest BCUT2D eigenvalue weighted by molar-refractivity contribution is -0.123. The second kappa shape index (κ2) is 7.09. The van der Waals surface area contributed by atoms with Gasteiger partial charge in [0.1, 0.15) is 11.6 Å². The Labute approximate surface area is 135 Å². The second-order valence-corrected chi connectivity index (χ2v) is 5.14. The number of nitrogens with zero attached hydrogens (tertiary/aromatic N) is 1. The molecule has 0 spiro atoms. The SMILES string of the molecule is CCc1nc2cc(NC(=O)[C@H]3NCCO[C@@H]3C)ccc2o1.Cl. The number of benzene rings is 1. The number of anilines is 1. The zero-order chi connectivity index (χ0) is 14.8. The molecule has 0 radical (unpaired) electrons. The van der Waals surface area contributed by atoms with Crippen LogP contribution in [0, 0.1) is 0 Å². The molecule has 1 amide bonds. The fourth-order valence-electron chi connectivity index (χ4n) is 2.45. The molecule has 0 saturated carbocycles. The number of fused-ring (bicyclic) bond motifs is 1. The minimum atomic E-state index is -0.335. The fraction of sp³-hybridized carbons (Fsp3) is 0.467. The molecular formula is C15H20ClN3O3. The number of halogens is 1. The first kappa shape index (κ1) is 16.7. The zero-order valence-corrected chi connectivity index (χ0v) is 13.4. The van der Waals surface area contributed by atoms with E-state index in [4.69, 9.17) is 9.15 Å². The Morgan fingerprint density at radius 3 is 3.05 bits per heavy atom. The summed E-state index contributed by atoms with van der Waals surface area (Å²) < 4.78 is 11.0. The molecule has 1 aromatic carbocycles. The molecule has 22 heavy (non-hydrogen) atoms. The number of oxazole rings is 1. The van der Waals surface area contributed by atoms with E-state index < -0.39 is 0 Å². The first-order valence-electron chi connectivity index (χ1n) is 7.22. The Morgan fingerprint density at radius 1 is 1.50 bits per heavy atom. The van der Waals surface area contributed by atoms with Crippen molar-refractivity contribution in [3.05, 3.63) is 24.1 Å². The van der Waals surface area contributed by atoms with Gasteiger partial charge in [-0.2, -0.15) is 0 Å². The third kappa shape index (κ3) is 3.40. The minimum Gasteiger partial charge on any atom is -0.441 e. The first-order chi connectivity index (χ1) is 10.2. The smallest absolute Gasteiger partial charge is 0.244 e. The summed E-state index contributed by atoms with van der Waals surface area (Å²) in [5, 5.41) is 6.07. The summed E-state index contributed by atoms with van der Waals surface area (Å²) in [6, 6.07) is 5.13. The van der Waals surface area contributed by atoms with E-state index in [9.17, 15) is 4.79 Å². The molecule has 2 atom stereocenters. The van der Waals surface area contributed by atoms with Crippen molar-refractivity contribution in [2.24, 2.45) is 0 Å². The summed E-state index contributed by atoms with van der Waals surface area (Å²) >= 11 is 0. The van der Waals surface area contributed by atoms with E-state index in [1.807, 2.05) is 32.0 Å². The van der Waals surface area contributed by atoms with Gasteiger partial charge in [0.05, 0.1) is 12.7 Å². The van der Waals surface area contributed by atoms with Crippen LogP contribution in [0.5, 0.6) is 0 Å². The van der Waals surface area contributed by atoms with Crippen LogP contribution in [0.2, 0.25) is 0 Å². The summed E-state index contributed by atoms with van der Waals surface area (Å²) in [5.41, 5.74) is 2.20. The van der Waals surface area contributed by atoms with E-state index in [1.54, 1.807) is 0 Å². The van der Waals surface area contributed by atoms with Crippen molar-refractivity contribution >= 4 is 35.1 Å². The van der Waals surface area contributed by atoms with Crippen molar-refractivity contribution in [3.8, 4) is 0 Å². The Hall–Kier alpha value is -1.63. The summed E-state index contributed by atoms with van der Waals surface area (Å²) in [7, 11) is 0. The third-order valence-corrected chi connectivity index (χ3v) is 3.60. The fourth-order valence-corrected chi connectivity index (χ4v) is 2.45. The molecule has 1 fully saturated rings. The average Bonchev–Trinajstić information content (AvgIpc) is 2.90. The van der Waals surface area contributed by atoms with E-state index in [0.717, 1.165) is 17.5 Å². The molecule has 2 heterocycles. The van der Waals surface area contributed by atoms with Crippen LogP contribution >= 0.6 is 12.4 Å². The van der Waals surface area contributed by atoms with E-state index in [1.165, 1.54) is 0 Å². The van der Waals surface area contributed by atoms with Gasteiger partial charge in [-0.05, 0) is 25.1 Å². The number of carbonyl (C=O) groups is 1. The van der Waals surface area contributed by atoms with E-state index >= 15 is 0 Å². The zero-order valence-electron chi connectivity index (χ0n) is 12.6. The molecule has 0 unspecified atom stereocenters. The van der Waals surface area contributed by atoms with Gasteiger partial charge in [-0.1, -0.05) is 6.92 Å². The minimum absolute atomic E-state index is 0. The van der Waals surface area contributed by atoms with Gasteiger partial charge in [-0.15, -0.1) is 12.4 Å². The topological polar surface area (TPSA) is 76.4 Å². The van der Waals surface area contributed by atoms with Gasteiger partial charge in [0.15, 0.2) is 11.5 Å². The highest BCUT2D eigenvalue weighted by molar-refractivity contribution is 5.96. The molecular weight excluding hydrogens is 306 g/mol. The van der Waals surface area contributed by atoms with Gasteiger partial charge in [0.2, 0.25) is 5.91 Å². The first-order valence-corrected chi connectivity index (χ1v) is 7.22. The number of amides is 1. The van der Waals surface area contributed by atoms with Crippen LogP contribution in [-0.2, 0) is 16.0 Å². The van der Waals surface area contributed by atoms with Crippen molar-refractivity contribution in [3.63, 3.8) is 0 Å². The number of carbonyl (C=O) groups excluding carboxylic acids is 1. The second-order valence-electron chi connectivity index (χ2n) is 5.14. The summed E-state index contributed by atoms with van der Waals surface area (Å²) in [5.74, 6) is 0.602. The highest BCUT2D eigenvalue weighted by Gasteiger charge is 2.28. The normalized spacial score (nSPS) is 21.4. The van der Waals surface area contributed by atoms with Gasteiger partial charge in [0.25, 0.3) is 0 Å². The number of aryl methyl sites for hydroxylation is 1. The van der Waals surface area contributed by atoms with Gasteiger partial charge in [0, 0.05) is 18.7 Å². The molecule has 1 aliphatic heterocycles. The van der Waals surface area contributed by atoms with Crippen molar-refractivity contribution in [1.29, 1.82) is 0 Å². The van der Waals surface area contributed by atoms with Crippen molar-refractivity contribution in [2.45, 2.75) is 32.4 Å². The summed E-state index contributed by atoms with van der Waals surface area (Å²) in [6.45, 7) is 5.20. The number of morpholine rings is 1. The molecule has 2 aromatic rings. The lowest BCUT2D eigenvalue weighted by atomic mass is 10.1. The highest BCUT2D eigenvalue weighted by atomic mass is 35.5. The molecule has 2 N–H and O–H groups in total. The van der Waals surface area contributed by atoms with Crippen LogP contribution < -0.4 is 10.6 Å². The van der Waals surface area contributed by atoms with Gasteiger partial charge in [-0.25, -0.2) is 4.98 Å². The number of hydrogen-bond acceptors (Lipinski definition) is 5. The maximum Gasteiger partial charge on any atom is 0.244 e. The van der Waals surface area contributed by atoms with E-state index in [2.05, 4.69) is 15.6 Å². The maximum atomic E-state index is 12.3. The third-order valence-electron chi connectivity index (χ3n) is 3.60. The Balaban J connectivity index is 0.00000176. The van der Waals surface area contributed by atoms with Gasteiger partial charge in [-0.3, -0.25) is 4.79 Å². The van der Waals surface area contributed by atoms with Crippen molar-refractivity contribution < 1.29 is 13.9 Å². The molecule has 0 bridgehead atoms. The molecule has 1 saturated heterocycles. The largest absolute Gasteiger partial charge is 0.441 e. The van der Waals surface area contributed by atoms with Crippen molar-refractivity contribution in [1.82, 2.24) is 10.3 Å². The molecule has 1 aliphatic rings. The van der Waals surface area contributed by atoms with Crippen LogP contribution in [0.3, 0.4) is 0 Å². The Kier molecular flexibility index (Phi) is 5.39. The maximum absolute atomic E-state index is 12.3. The summed E-state index contributed by atoms with van der Waals surface area (Å²) in [6.07, 6.45) is 0.609. The molecule has 120 valence electrons. The van der Waals surface area contributed by atoms with E-state index in [-0.39, 0.29) is 30.5 Å². The molecule has 6 nitrogen and oxygen atoms in total. The highest BCUT2D eigenvalue weighted by Crippen LogP contribution is 2.20. The predicted octanol–water partition coefficient (Wildman–Crippen LogP) is 2.13. The predicted molar refractivity (Wildman–Crippen MR) is 86.5 cm³/mol. The Morgan fingerprint density at radius 2 is 2.32 bits per heavy atom. The monoisotopic (exact) mass is 325 g/mol. The number of nitrogens with one attached hydrogen (secondary N) is 2. The Bertz CT molecular complexity index is 659. The van der Waals surface area contributed by atoms with Crippen LogP contribution in [-0.4, -0.2) is 36.2 Å². The number of aromatic nitrogens is 1. The van der Waals surface area contributed by atoms with Crippen LogP contribution in [0.4, 0.5) is 5.69 Å². The van der Waals surface area contributed by atoms with Crippen LogP contribution in [0.25, 0.3) is 11.1 Å². The van der Waals surface area contributed by atoms with Crippen molar-refractivity contribution in [2.75, 3.05) is 18.5 Å². The van der Waals surface area contributed by atoms with Crippen LogP contribution in [0.15, 0.2) is 22.6 Å². The number of ether oxygens (including phenoxy) is 1. The standard InChI is InChI=1S/C15H19N3O3.ClH/c1-3-13-18-11-8-10(4-5-12(11)21-13)17-15(19)14-9(2)20-7-6-16-14;/h4-5,8-9,14,16H,3,6-7H2,1-2H3,(H,17,19);1H/t9-,14+;/m1./s1. The average molecular weight is 326 g/mol. The molecule has 1 aromatic heterocycles. The lowest BCUT2D eigenvalue weighted by Crippen LogP contribution is -2.53. The van der Waals surface area contributed by atoms with Crippen LogP contribution in [0.1, 0.15) is 19.7 Å². The molecule has 0 aliphatic carbocycles. The lowest BCUT2D eigenvalue weighted by Gasteiger charge is -2.29. The molecule has 3 rings (SSSR count). The van der Waals surface area contributed by atoms with Gasteiger partial charge < -0.3 is 19.8 Å². The molecule has 7 heteroatoms. The number of hydrogen-bond donors (Lipinski definition) is 2. The number of rotatable bonds is 3. The summed E-state index contributed by atoms with van der Waals surface area (Å²) in [4.78, 5) is 16.6. The van der Waals surface area contributed by atoms with E-state index in [0.29, 0.717) is 24.7 Å².